The maximum atomic E-state index is 13.9. The summed E-state index contributed by atoms with van der Waals surface area (Å²) in [5.74, 6) is 0.128. The number of thiocarbonyl (C=S) groups is 1. The summed E-state index contributed by atoms with van der Waals surface area (Å²) < 4.78 is 12.4. The number of hydrogen-bond acceptors (Lipinski definition) is 5. The van der Waals surface area contributed by atoms with Gasteiger partial charge < -0.3 is 9.47 Å². The molecule has 2 amide bonds. The predicted molar refractivity (Wildman–Crippen MR) is 159 cm³/mol. The van der Waals surface area contributed by atoms with E-state index in [4.69, 9.17) is 21.7 Å². The molecule has 3 aromatic carbocycles. The number of ether oxygens (including phenoxy) is 2. The van der Waals surface area contributed by atoms with Gasteiger partial charge in [-0.2, -0.15) is 0 Å². The molecule has 0 unspecified atom stereocenters. The fourth-order valence-corrected chi connectivity index (χ4v) is 5.02. The van der Waals surface area contributed by atoms with Gasteiger partial charge >= 0.3 is 0 Å². The van der Waals surface area contributed by atoms with Crippen LogP contribution in [-0.4, -0.2) is 30.1 Å². The summed E-state index contributed by atoms with van der Waals surface area (Å²) in [7, 11) is 0. The average Bonchev–Trinajstić information content (AvgIpc) is 2.89. The van der Waals surface area contributed by atoms with Crippen LogP contribution in [0.1, 0.15) is 37.0 Å². The van der Waals surface area contributed by atoms with Crippen molar-refractivity contribution in [3.8, 4) is 11.5 Å². The van der Waals surface area contributed by atoms with Crippen LogP contribution < -0.4 is 19.3 Å². The normalized spacial score (nSPS) is 14.9. The van der Waals surface area contributed by atoms with E-state index in [-0.39, 0.29) is 10.7 Å². The molecule has 1 fully saturated rings. The van der Waals surface area contributed by atoms with Crippen molar-refractivity contribution in [2.24, 2.45) is 0 Å². The molecule has 0 spiro atoms. The third kappa shape index (κ3) is 5.51. The third-order valence-corrected chi connectivity index (χ3v) is 7.06. The third-order valence-electron chi connectivity index (χ3n) is 6.11. The Hall–Kier alpha value is -3.49. The van der Waals surface area contributed by atoms with E-state index in [0.29, 0.717) is 46.1 Å². The highest BCUT2D eigenvalue weighted by atomic mass is 79.9. The molecule has 0 bridgehead atoms. The molecule has 0 N–H and O–H groups in total. The molecule has 0 saturated carbocycles. The Bertz CT molecular complexity index is 1420. The SMILES string of the molecule is CCCOc1c(Br)cc(/C=C2\C(=O)N(c3ccccc3)C(=S)N(c3ccc(C)c(C)c3)C2=O)cc1OCC. The Morgan fingerprint density at radius 1 is 0.868 bits per heavy atom. The number of amides is 2. The van der Waals surface area contributed by atoms with Crippen molar-refractivity contribution in [1.82, 2.24) is 0 Å². The van der Waals surface area contributed by atoms with Gasteiger partial charge in [-0.1, -0.05) is 31.2 Å². The first-order valence-electron chi connectivity index (χ1n) is 12.4. The second-order valence-corrected chi connectivity index (χ2v) is 10.1. The molecule has 1 saturated heterocycles. The minimum atomic E-state index is -0.494. The van der Waals surface area contributed by atoms with E-state index in [9.17, 15) is 9.59 Å². The molecule has 1 aliphatic rings. The summed E-state index contributed by atoms with van der Waals surface area (Å²) in [5.41, 5.74) is 3.88. The summed E-state index contributed by atoms with van der Waals surface area (Å²) in [6, 6.07) is 18.4. The Morgan fingerprint density at radius 2 is 1.55 bits per heavy atom. The van der Waals surface area contributed by atoms with Crippen LogP contribution in [-0.2, 0) is 9.59 Å². The van der Waals surface area contributed by atoms with Crippen molar-refractivity contribution in [2.45, 2.75) is 34.1 Å². The van der Waals surface area contributed by atoms with Crippen LogP contribution in [0.5, 0.6) is 11.5 Å². The molecule has 6 nitrogen and oxygen atoms in total. The van der Waals surface area contributed by atoms with Crippen molar-refractivity contribution in [2.75, 3.05) is 23.0 Å². The van der Waals surface area contributed by atoms with Gasteiger partial charge in [0.1, 0.15) is 5.57 Å². The molecule has 0 aliphatic carbocycles. The Kier molecular flexibility index (Phi) is 8.64. The zero-order chi connectivity index (χ0) is 27.4. The van der Waals surface area contributed by atoms with Crippen LogP contribution >= 0.6 is 28.1 Å². The summed E-state index contributed by atoms with van der Waals surface area (Å²) in [6.07, 6.45) is 2.42. The van der Waals surface area contributed by atoms with E-state index in [2.05, 4.69) is 15.9 Å². The highest BCUT2D eigenvalue weighted by molar-refractivity contribution is 9.10. The molecule has 38 heavy (non-hydrogen) atoms. The van der Waals surface area contributed by atoms with Gasteiger partial charge in [-0.3, -0.25) is 19.4 Å². The van der Waals surface area contributed by atoms with Gasteiger partial charge in [0.25, 0.3) is 11.8 Å². The maximum absolute atomic E-state index is 13.9. The topological polar surface area (TPSA) is 59.1 Å². The number of anilines is 2. The highest BCUT2D eigenvalue weighted by Gasteiger charge is 2.41. The summed E-state index contributed by atoms with van der Waals surface area (Å²) >= 11 is 9.30. The van der Waals surface area contributed by atoms with Crippen molar-refractivity contribution in [1.29, 1.82) is 0 Å². The van der Waals surface area contributed by atoms with Crippen LogP contribution in [0.25, 0.3) is 6.08 Å². The summed E-state index contributed by atoms with van der Waals surface area (Å²) in [6.45, 7) is 8.85. The minimum Gasteiger partial charge on any atom is -0.490 e. The molecule has 8 heteroatoms. The van der Waals surface area contributed by atoms with E-state index >= 15 is 0 Å². The van der Waals surface area contributed by atoms with Gasteiger partial charge in [0.15, 0.2) is 16.6 Å². The van der Waals surface area contributed by atoms with Gasteiger partial charge in [0.05, 0.1) is 29.1 Å². The second-order valence-electron chi connectivity index (χ2n) is 8.84. The molecule has 3 aromatic rings. The van der Waals surface area contributed by atoms with E-state index < -0.39 is 11.8 Å². The zero-order valence-electron chi connectivity index (χ0n) is 21.8. The molecular formula is C30H29BrN2O4S. The molecular weight excluding hydrogens is 564 g/mol. The van der Waals surface area contributed by atoms with Gasteiger partial charge in [-0.15, -0.1) is 0 Å². The molecule has 0 radical (unpaired) electrons. The number of hydrogen-bond donors (Lipinski definition) is 0. The first-order chi connectivity index (χ1) is 18.3. The van der Waals surface area contributed by atoms with Crippen molar-refractivity contribution in [3.05, 3.63) is 87.4 Å². The smallest absolute Gasteiger partial charge is 0.270 e. The van der Waals surface area contributed by atoms with E-state index in [1.54, 1.807) is 30.3 Å². The zero-order valence-corrected chi connectivity index (χ0v) is 24.2. The summed E-state index contributed by atoms with van der Waals surface area (Å²) in [5, 5.41) is 0.103. The number of benzene rings is 3. The quantitative estimate of drug-likeness (QED) is 0.160. The van der Waals surface area contributed by atoms with E-state index in [1.807, 2.05) is 64.1 Å². The molecule has 4 rings (SSSR count). The van der Waals surface area contributed by atoms with E-state index in [1.165, 1.54) is 9.80 Å². The predicted octanol–water partition coefficient (Wildman–Crippen LogP) is 7.00. The monoisotopic (exact) mass is 592 g/mol. The van der Waals surface area contributed by atoms with Crippen molar-refractivity contribution >= 4 is 62.5 Å². The molecule has 0 atom stereocenters. The Balaban J connectivity index is 1.86. The average molecular weight is 594 g/mol. The molecule has 0 aromatic heterocycles. The Morgan fingerprint density at radius 3 is 2.18 bits per heavy atom. The molecule has 1 aliphatic heterocycles. The number of aryl methyl sites for hydroxylation is 2. The fraction of sp³-hybridized carbons (Fsp3) is 0.233. The lowest BCUT2D eigenvalue weighted by molar-refractivity contribution is -0.120. The maximum Gasteiger partial charge on any atom is 0.270 e. The number of carbonyl (C=O) groups excluding carboxylic acids is 2. The van der Waals surface area contributed by atoms with Crippen LogP contribution in [0.15, 0.2) is 70.7 Å². The fourth-order valence-electron chi connectivity index (χ4n) is 4.07. The summed E-state index contributed by atoms with van der Waals surface area (Å²) in [4.78, 5) is 30.5. The van der Waals surface area contributed by atoms with Crippen LogP contribution in [0, 0.1) is 13.8 Å². The van der Waals surface area contributed by atoms with E-state index in [0.717, 1.165) is 17.5 Å². The van der Waals surface area contributed by atoms with Crippen molar-refractivity contribution in [3.63, 3.8) is 0 Å². The first-order valence-corrected chi connectivity index (χ1v) is 13.6. The van der Waals surface area contributed by atoms with Crippen LogP contribution in [0.3, 0.4) is 0 Å². The number of nitrogens with zero attached hydrogens (tertiary/aromatic N) is 2. The van der Waals surface area contributed by atoms with Crippen LogP contribution in [0.2, 0.25) is 0 Å². The first kappa shape index (κ1) is 27.5. The lowest BCUT2D eigenvalue weighted by atomic mass is 10.0. The van der Waals surface area contributed by atoms with Gasteiger partial charge in [-0.25, -0.2) is 0 Å². The minimum absolute atomic E-state index is 0.0164. The van der Waals surface area contributed by atoms with Gasteiger partial charge in [-0.05, 0) is 115 Å². The largest absolute Gasteiger partial charge is 0.490 e. The lowest BCUT2D eigenvalue weighted by Crippen LogP contribution is -2.57. The highest BCUT2D eigenvalue weighted by Crippen LogP contribution is 2.38. The number of halogens is 1. The number of rotatable bonds is 8. The van der Waals surface area contributed by atoms with Gasteiger partial charge in [0.2, 0.25) is 0 Å². The number of carbonyl (C=O) groups is 2. The molecule has 1 heterocycles. The Labute approximate surface area is 237 Å². The second kappa shape index (κ2) is 11.9. The van der Waals surface area contributed by atoms with Crippen LogP contribution in [0.4, 0.5) is 11.4 Å². The lowest BCUT2D eigenvalue weighted by Gasteiger charge is -2.36. The molecule has 196 valence electrons. The van der Waals surface area contributed by atoms with Crippen molar-refractivity contribution < 1.29 is 19.1 Å². The van der Waals surface area contributed by atoms with Gasteiger partial charge in [0, 0.05) is 0 Å². The number of para-hydroxylation sites is 1. The standard InChI is InChI=1S/C30H29BrN2O4S/c1-5-14-37-27-25(31)17-21(18-26(27)36-6-2)16-24-28(34)32(22-10-8-7-9-11-22)30(38)33(29(24)35)23-13-12-19(3)20(4)15-23/h7-13,15-18H,5-6,14H2,1-4H3/b24-16+.